The Morgan fingerprint density at radius 3 is 2.45 bits per heavy atom. The van der Waals surface area contributed by atoms with E-state index in [1.807, 2.05) is 24.3 Å². The third kappa shape index (κ3) is 3.38. The Morgan fingerprint density at radius 2 is 1.72 bits per heavy atom. The van der Waals surface area contributed by atoms with Crippen LogP contribution in [0.25, 0.3) is 21.1 Å². The Hall–Kier alpha value is -3.52. The number of ether oxygens (including phenoxy) is 3. The van der Waals surface area contributed by atoms with E-state index in [4.69, 9.17) is 19.9 Å². The van der Waals surface area contributed by atoms with Crippen LogP contribution in [0, 0.1) is 0 Å². The summed E-state index contributed by atoms with van der Waals surface area (Å²) < 4.78 is 15.8. The van der Waals surface area contributed by atoms with Gasteiger partial charge in [0.2, 0.25) is 0 Å². The molecule has 0 unspecified atom stereocenters. The first-order valence-corrected chi connectivity index (χ1v) is 9.56. The van der Waals surface area contributed by atoms with Gasteiger partial charge in [-0.1, -0.05) is 0 Å². The van der Waals surface area contributed by atoms with Gasteiger partial charge >= 0.3 is 0 Å². The molecule has 0 aliphatic carbocycles. The van der Waals surface area contributed by atoms with Gasteiger partial charge in [-0.15, -0.1) is 11.3 Å². The van der Waals surface area contributed by atoms with Crippen LogP contribution in [-0.2, 0) is 0 Å². The first kappa shape index (κ1) is 18.8. The molecule has 29 heavy (non-hydrogen) atoms. The van der Waals surface area contributed by atoms with Gasteiger partial charge in [0, 0.05) is 16.8 Å². The van der Waals surface area contributed by atoms with E-state index < -0.39 is 0 Å². The van der Waals surface area contributed by atoms with E-state index in [9.17, 15) is 4.79 Å². The summed E-state index contributed by atoms with van der Waals surface area (Å²) in [6, 6.07) is 12.7. The van der Waals surface area contributed by atoms with Crippen LogP contribution in [-0.4, -0.2) is 32.2 Å². The average molecular weight is 409 g/mol. The molecule has 148 valence electrons. The molecule has 2 heterocycles. The van der Waals surface area contributed by atoms with Gasteiger partial charge in [-0.05, 0) is 36.4 Å². The Labute approximate surface area is 171 Å². The smallest absolute Gasteiger partial charge is 0.268 e. The summed E-state index contributed by atoms with van der Waals surface area (Å²) in [5.41, 5.74) is 8.00. The van der Waals surface area contributed by atoms with Crippen molar-refractivity contribution in [3.63, 3.8) is 0 Å². The molecule has 0 saturated heterocycles. The van der Waals surface area contributed by atoms with Gasteiger partial charge in [-0.25, -0.2) is 4.98 Å². The fourth-order valence-corrected chi connectivity index (χ4v) is 4.05. The van der Waals surface area contributed by atoms with Crippen molar-refractivity contribution in [2.75, 3.05) is 32.4 Å². The molecule has 0 atom stereocenters. The molecule has 0 spiro atoms. The predicted octanol–water partition coefficient (Wildman–Crippen LogP) is 4.31. The quantitative estimate of drug-likeness (QED) is 0.510. The number of amides is 1. The lowest BCUT2D eigenvalue weighted by Crippen LogP contribution is -2.12. The number of rotatable bonds is 5. The van der Waals surface area contributed by atoms with Gasteiger partial charge in [0.25, 0.3) is 5.91 Å². The van der Waals surface area contributed by atoms with Crippen molar-refractivity contribution in [2.24, 2.45) is 0 Å². The summed E-state index contributed by atoms with van der Waals surface area (Å²) in [4.78, 5) is 18.7. The summed E-state index contributed by atoms with van der Waals surface area (Å²) in [6.45, 7) is 0. The third-order valence-electron chi connectivity index (χ3n) is 4.58. The molecule has 0 saturated carbocycles. The molecule has 0 aliphatic heterocycles. The molecule has 2 aromatic heterocycles. The number of methoxy groups -OCH3 is 3. The highest BCUT2D eigenvalue weighted by atomic mass is 32.1. The van der Waals surface area contributed by atoms with Gasteiger partial charge in [-0.2, -0.15) is 0 Å². The number of fused-ring (bicyclic) bond motifs is 2. The number of anilines is 2. The van der Waals surface area contributed by atoms with Crippen LogP contribution >= 0.6 is 11.3 Å². The van der Waals surface area contributed by atoms with Crippen LogP contribution < -0.4 is 25.3 Å². The number of nitrogens with one attached hydrogen (secondary N) is 1. The highest BCUT2D eigenvalue weighted by molar-refractivity contribution is 7.21. The van der Waals surface area contributed by atoms with E-state index in [0.29, 0.717) is 32.6 Å². The highest BCUT2D eigenvalue weighted by Gasteiger charge is 2.19. The van der Waals surface area contributed by atoms with Crippen molar-refractivity contribution in [1.29, 1.82) is 0 Å². The zero-order chi connectivity index (χ0) is 20.5. The van der Waals surface area contributed by atoms with Crippen molar-refractivity contribution < 1.29 is 19.0 Å². The van der Waals surface area contributed by atoms with E-state index in [2.05, 4.69) is 10.3 Å². The lowest BCUT2D eigenvalue weighted by molar-refractivity contribution is 0.103. The van der Waals surface area contributed by atoms with Crippen molar-refractivity contribution in [2.45, 2.75) is 0 Å². The summed E-state index contributed by atoms with van der Waals surface area (Å²) in [5, 5.41) is 4.48. The maximum atomic E-state index is 12.9. The Morgan fingerprint density at radius 1 is 1.00 bits per heavy atom. The van der Waals surface area contributed by atoms with Crippen LogP contribution in [0.3, 0.4) is 0 Å². The van der Waals surface area contributed by atoms with Gasteiger partial charge in [-0.3, -0.25) is 4.79 Å². The molecular formula is C21H19N3O4S. The Bertz CT molecular complexity index is 1240. The minimum atomic E-state index is -0.335. The van der Waals surface area contributed by atoms with Gasteiger partial charge < -0.3 is 25.3 Å². The zero-order valence-electron chi connectivity index (χ0n) is 16.1. The fourth-order valence-electron chi connectivity index (χ4n) is 3.07. The number of carbonyl (C=O) groups is 1. The number of hydrogen-bond donors (Lipinski definition) is 2. The summed E-state index contributed by atoms with van der Waals surface area (Å²) in [7, 11) is 4.71. The molecule has 0 aliphatic rings. The molecular weight excluding hydrogens is 390 g/mol. The molecule has 8 heteroatoms. The number of carbonyl (C=O) groups excluding carboxylic acids is 1. The normalized spacial score (nSPS) is 10.9. The molecule has 2 aromatic carbocycles. The Balaban J connectivity index is 1.74. The van der Waals surface area contributed by atoms with E-state index >= 15 is 0 Å². The molecule has 0 bridgehead atoms. The van der Waals surface area contributed by atoms with E-state index in [1.54, 1.807) is 32.4 Å². The number of nitrogens with two attached hydrogens (primary N) is 1. The fraction of sp³-hybridized carbons (Fsp3) is 0.143. The van der Waals surface area contributed by atoms with E-state index in [0.717, 1.165) is 22.0 Å². The van der Waals surface area contributed by atoms with Gasteiger partial charge in [0.15, 0.2) is 0 Å². The molecule has 7 nitrogen and oxygen atoms in total. The molecule has 3 N–H and O–H groups in total. The minimum absolute atomic E-state index is 0.335. The second-order valence-corrected chi connectivity index (χ2v) is 7.26. The third-order valence-corrected chi connectivity index (χ3v) is 5.70. The van der Waals surface area contributed by atoms with Gasteiger partial charge in [0.1, 0.15) is 27.0 Å². The number of nitrogen functional groups attached to an aromatic ring is 1. The predicted molar refractivity (Wildman–Crippen MR) is 116 cm³/mol. The zero-order valence-corrected chi connectivity index (χ0v) is 16.9. The molecule has 4 aromatic rings. The van der Waals surface area contributed by atoms with Crippen molar-refractivity contribution >= 4 is 49.7 Å². The van der Waals surface area contributed by atoms with Crippen molar-refractivity contribution in [1.82, 2.24) is 4.98 Å². The maximum absolute atomic E-state index is 12.9. The average Bonchev–Trinajstić information content (AvgIpc) is 3.07. The number of thiophene rings is 1. The second-order valence-electron chi connectivity index (χ2n) is 6.26. The Kier molecular flexibility index (Phi) is 4.85. The van der Waals surface area contributed by atoms with Gasteiger partial charge in [0.05, 0.1) is 38.2 Å². The number of hydrogen-bond acceptors (Lipinski definition) is 7. The van der Waals surface area contributed by atoms with Crippen LogP contribution in [0.4, 0.5) is 11.4 Å². The molecule has 0 fully saturated rings. The largest absolute Gasteiger partial charge is 0.497 e. The lowest BCUT2D eigenvalue weighted by atomic mass is 10.1. The van der Waals surface area contributed by atoms with Crippen molar-refractivity contribution in [3.05, 3.63) is 47.3 Å². The second kappa shape index (κ2) is 7.48. The lowest BCUT2D eigenvalue weighted by Gasteiger charge is -2.11. The van der Waals surface area contributed by atoms with E-state index in [1.165, 1.54) is 18.4 Å². The van der Waals surface area contributed by atoms with Crippen LogP contribution in [0.15, 0.2) is 42.5 Å². The maximum Gasteiger partial charge on any atom is 0.268 e. The topological polar surface area (TPSA) is 95.7 Å². The highest BCUT2D eigenvalue weighted by Crippen LogP contribution is 2.36. The van der Waals surface area contributed by atoms with Crippen LogP contribution in [0.5, 0.6) is 17.2 Å². The standard InChI is InChI=1S/C21H19N3O4S/c1-26-12-4-6-15-11(8-12)9-14-18(22)19(29-21(14)24-15)20(25)23-16-10-13(27-2)5-7-17(16)28-3/h4-10H,22H2,1-3H3,(H,23,25). The number of aromatic nitrogens is 1. The summed E-state index contributed by atoms with van der Waals surface area (Å²) in [5.74, 6) is 1.52. The first-order chi connectivity index (χ1) is 14.0. The SMILES string of the molecule is COc1ccc(OC)c(NC(=O)c2sc3nc4ccc(OC)cc4cc3c2N)c1. The number of nitrogens with zero attached hydrogens (tertiary/aromatic N) is 1. The molecule has 0 radical (unpaired) electrons. The minimum Gasteiger partial charge on any atom is -0.497 e. The number of pyridine rings is 1. The van der Waals surface area contributed by atoms with Crippen LogP contribution in [0.2, 0.25) is 0 Å². The molecule has 4 rings (SSSR count). The summed E-state index contributed by atoms with van der Waals surface area (Å²) >= 11 is 1.25. The summed E-state index contributed by atoms with van der Waals surface area (Å²) in [6.07, 6.45) is 0. The van der Waals surface area contributed by atoms with E-state index in [-0.39, 0.29) is 5.91 Å². The number of benzene rings is 2. The van der Waals surface area contributed by atoms with Crippen LogP contribution in [0.1, 0.15) is 9.67 Å². The first-order valence-electron chi connectivity index (χ1n) is 8.74. The van der Waals surface area contributed by atoms with Crippen molar-refractivity contribution in [3.8, 4) is 17.2 Å². The molecule has 1 amide bonds. The monoisotopic (exact) mass is 409 g/mol.